The van der Waals surface area contributed by atoms with Gasteiger partial charge in [0, 0.05) is 11.7 Å². The number of imidazole rings is 1. The van der Waals surface area contributed by atoms with Crippen LogP contribution in [0.5, 0.6) is 0 Å². The minimum Gasteiger partial charge on any atom is -0.346 e. The molecule has 6 nitrogen and oxygen atoms in total. The normalized spacial score (nSPS) is 15.4. The Bertz CT molecular complexity index is 784. The van der Waals surface area contributed by atoms with Gasteiger partial charge >= 0.3 is 0 Å². The number of hydrogen-bond acceptors (Lipinski definition) is 5. The molecule has 0 saturated heterocycles. The number of rotatable bonds is 6. The summed E-state index contributed by atoms with van der Waals surface area (Å²) < 4.78 is 4.00. The van der Waals surface area contributed by atoms with Crippen LogP contribution in [-0.4, -0.2) is 31.5 Å². The van der Waals surface area contributed by atoms with Gasteiger partial charge in [-0.1, -0.05) is 0 Å². The Morgan fingerprint density at radius 3 is 2.88 bits per heavy atom. The SMILES string of the molecule is C/C(=C/C(=N)c1ccns1)c1ncc(C(=O)NC(C)(C)C2CC2)[nH]1. The maximum Gasteiger partial charge on any atom is 0.269 e. The summed E-state index contributed by atoms with van der Waals surface area (Å²) in [7, 11) is 0. The lowest BCUT2D eigenvalue weighted by atomic mass is 9.99. The van der Waals surface area contributed by atoms with Crippen LogP contribution < -0.4 is 5.32 Å². The minimum atomic E-state index is -0.193. The maximum atomic E-state index is 12.4. The van der Waals surface area contributed by atoms with Crippen molar-refractivity contribution in [2.24, 2.45) is 5.92 Å². The number of allylic oxidation sites excluding steroid dienone is 2. The molecule has 0 spiro atoms. The summed E-state index contributed by atoms with van der Waals surface area (Å²) >= 11 is 1.28. The van der Waals surface area contributed by atoms with Gasteiger partial charge in [0.2, 0.25) is 0 Å². The quantitative estimate of drug-likeness (QED) is 0.703. The fourth-order valence-corrected chi connectivity index (χ4v) is 3.13. The summed E-state index contributed by atoms with van der Waals surface area (Å²) in [5.74, 6) is 1.01. The van der Waals surface area contributed by atoms with E-state index >= 15 is 0 Å². The topological polar surface area (TPSA) is 94.5 Å². The Balaban J connectivity index is 1.70. The van der Waals surface area contributed by atoms with Crippen molar-refractivity contribution in [2.45, 2.75) is 39.2 Å². The average molecular weight is 343 g/mol. The van der Waals surface area contributed by atoms with Crippen molar-refractivity contribution in [3.63, 3.8) is 0 Å². The van der Waals surface area contributed by atoms with Crippen LogP contribution in [0.3, 0.4) is 0 Å². The number of aromatic amines is 1. The van der Waals surface area contributed by atoms with Crippen LogP contribution in [0.25, 0.3) is 5.57 Å². The molecule has 0 bridgehead atoms. The largest absolute Gasteiger partial charge is 0.346 e. The zero-order chi connectivity index (χ0) is 17.3. The van der Waals surface area contributed by atoms with Crippen LogP contribution in [0, 0.1) is 11.3 Å². The second kappa shape index (κ2) is 6.32. The van der Waals surface area contributed by atoms with E-state index in [1.54, 1.807) is 24.5 Å². The van der Waals surface area contributed by atoms with Crippen molar-refractivity contribution >= 4 is 28.7 Å². The molecular formula is C17H21N5OS. The van der Waals surface area contributed by atoms with E-state index in [2.05, 4.69) is 33.5 Å². The Morgan fingerprint density at radius 1 is 1.50 bits per heavy atom. The van der Waals surface area contributed by atoms with Crippen molar-refractivity contribution in [2.75, 3.05) is 0 Å². The van der Waals surface area contributed by atoms with Crippen molar-refractivity contribution in [1.29, 1.82) is 5.41 Å². The first-order chi connectivity index (χ1) is 11.4. The third-order valence-corrected chi connectivity index (χ3v) is 5.07. The summed E-state index contributed by atoms with van der Waals surface area (Å²) in [6.45, 7) is 5.98. The highest BCUT2D eigenvalue weighted by molar-refractivity contribution is 7.08. The molecule has 3 N–H and O–H groups in total. The number of carbonyl (C=O) groups excluding carboxylic acids is 1. The van der Waals surface area contributed by atoms with Gasteiger partial charge in [-0.2, -0.15) is 0 Å². The van der Waals surface area contributed by atoms with E-state index in [4.69, 9.17) is 5.41 Å². The van der Waals surface area contributed by atoms with Gasteiger partial charge in [0.1, 0.15) is 11.5 Å². The molecule has 1 fully saturated rings. The van der Waals surface area contributed by atoms with Crippen LogP contribution in [0.1, 0.15) is 54.8 Å². The number of amides is 1. The number of nitrogens with one attached hydrogen (secondary N) is 3. The summed E-state index contributed by atoms with van der Waals surface area (Å²) in [6, 6.07) is 1.80. The molecule has 2 heterocycles. The molecule has 126 valence electrons. The molecule has 2 aromatic heterocycles. The smallest absolute Gasteiger partial charge is 0.269 e. The maximum absolute atomic E-state index is 12.4. The Kier molecular flexibility index (Phi) is 4.36. The molecule has 0 atom stereocenters. The molecule has 0 aromatic carbocycles. The van der Waals surface area contributed by atoms with Gasteiger partial charge in [-0.3, -0.25) is 10.2 Å². The molecule has 1 saturated carbocycles. The monoisotopic (exact) mass is 343 g/mol. The molecule has 24 heavy (non-hydrogen) atoms. The molecule has 1 aliphatic rings. The van der Waals surface area contributed by atoms with Gasteiger partial charge in [0.05, 0.1) is 16.8 Å². The summed E-state index contributed by atoms with van der Waals surface area (Å²) in [5, 5.41) is 11.1. The van der Waals surface area contributed by atoms with Gasteiger partial charge in [-0.15, -0.1) is 0 Å². The predicted octanol–water partition coefficient (Wildman–Crippen LogP) is 3.26. The molecular weight excluding hydrogens is 322 g/mol. The molecule has 0 radical (unpaired) electrons. The highest BCUT2D eigenvalue weighted by atomic mass is 32.1. The first-order valence-corrected chi connectivity index (χ1v) is 8.70. The van der Waals surface area contributed by atoms with Crippen LogP contribution >= 0.6 is 11.5 Å². The van der Waals surface area contributed by atoms with Crippen LogP contribution in [-0.2, 0) is 0 Å². The average Bonchev–Trinajstić information content (AvgIpc) is 3.05. The van der Waals surface area contributed by atoms with Gasteiger partial charge < -0.3 is 10.3 Å². The summed E-state index contributed by atoms with van der Waals surface area (Å²) in [4.78, 5) is 20.5. The first kappa shape index (κ1) is 16.6. The number of hydrogen-bond donors (Lipinski definition) is 3. The van der Waals surface area contributed by atoms with E-state index in [1.807, 2.05) is 6.92 Å². The van der Waals surface area contributed by atoms with Gasteiger partial charge in [0.15, 0.2) is 0 Å². The molecule has 0 unspecified atom stereocenters. The number of nitrogens with zero attached hydrogens (tertiary/aromatic N) is 2. The second-order valence-electron chi connectivity index (χ2n) is 6.71. The van der Waals surface area contributed by atoms with Gasteiger partial charge in [-0.25, -0.2) is 9.36 Å². The fourth-order valence-electron chi connectivity index (χ4n) is 2.61. The lowest BCUT2D eigenvalue weighted by Crippen LogP contribution is -2.45. The molecule has 1 aliphatic carbocycles. The Labute approximate surface area is 145 Å². The number of carbonyl (C=O) groups is 1. The molecule has 0 aliphatic heterocycles. The number of aromatic nitrogens is 3. The lowest BCUT2D eigenvalue weighted by molar-refractivity contribution is 0.0898. The van der Waals surface area contributed by atoms with Crippen molar-refractivity contribution < 1.29 is 4.79 Å². The van der Waals surface area contributed by atoms with E-state index in [0.717, 1.165) is 10.5 Å². The van der Waals surface area contributed by atoms with E-state index in [0.29, 0.717) is 23.1 Å². The third kappa shape index (κ3) is 3.62. The molecule has 1 amide bonds. The lowest BCUT2D eigenvalue weighted by Gasteiger charge is -2.25. The summed E-state index contributed by atoms with van der Waals surface area (Å²) in [5.41, 5.74) is 1.43. The molecule has 2 aromatic rings. The fraction of sp³-hybridized carbons (Fsp3) is 0.412. The van der Waals surface area contributed by atoms with E-state index in [-0.39, 0.29) is 11.4 Å². The van der Waals surface area contributed by atoms with Gasteiger partial charge in [-0.05, 0) is 68.8 Å². The van der Waals surface area contributed by atoms with Gasteiger partial charge in [0.25, 0.3) is 5.91 Å². The second-order valence-corrected chi connectivity index (χ2v) is 7.55. The Morgan fingerprint density at radius 2 is 2.25 bits per heavy atom. The Hall–Kier alpha value is -2.28. The number of H-pyrrole nitrogens is 1. The highest BCUT2D eigenvalue weighted by Gasteiger charge is 2.39. The predicted molar refractivity (Wildman–Crippen MR) is 95.5 cm³/mol. The standard InChI is InChI=1S/C17H21N5OS/c1-10(8-12(18)14-6-7-20-24-14)15-19-9-13(21-15)16(23)22-17(2,3)11-4-5-11/h6-9,11,18H,4-5H2,1-3H3,(H,19,21)(H,22,23)/b10-8-,18-12?. The zero-order valence-electron chi connectivity index (χ0n) is 14.0. The van der Waals surface area contributed by atoms with E-state index in [9.17, 15) is 4.79 Å². The van der Waals surface area contributed by atoms with Crippen LogP contribution in [0.2, 0.25) is 0 Å². The van der Waals surface area contributed by atoms with E-state index in [1.165, 1.54) is 24.4 Å². The van der Waals surface area contributed by atoms with Crippen LogP contribution in [0.4, 0.5) is 0 Å². The third-order valence-electron chi connectivity index (χ3n) is 4.29. The zero-order valence-corrected chi connectivity index (χ0v) is 14.8. The minimum absolute atomic E-state index is 0.143. The first-order valence-electron chi connectivity index (χ1n) is 7.92. The molecule has 3 rings (SSSR count). The molecule has 7 heteroatoms. The van der Waals surface area contributed by atoms with E-state index < -0.39 is 0 Å². The highest BCUT2D eigenvalue weighted by Crippen LogP contribution is 2.39. The van der Waals surface area contributed by atoms with Crippen LogP contribution in [0.15, 0.2) is 24.5 Å². The van der Waals surface area contributed by atoms with Crippen molar-refractivity contribution in [1.82, 2.24) is 19.7 Å². The van der Waals surface area contributed by atoms with Crippen molar-refractivity contribution in [3.05, 3.63) is 40.9 Å². The van der Waals surface area contributed by atoms with Crippen molar-refractivity contribution in [3.8, 4) is 0 Å². The summed E-state index contributed by atoms with van der Waals surface area (Å²) in [6.07, 6.45) is 7.28.